The Morgan fingerprint density at radius 2 is 0.750 bits per heavy atom. The largest absolute Gasteiger partial charge is 2.00 e. The Morgan fingerprint density at radius 3 is 0.750 bits per heavy atom. The first-order valence-corrected chi connectivity index (χ1v) is 0. The molecular formula is FO2U-5. The third-order valence-corrected chi connectivity index (χ3v) is 0. The summed E-state index contributed by atoms with van der Waals surface area (Å²) in [6.45, 7) is 0. The minimum Gasteiger partial charge on any atom is -2.00 e. The van der Waals surface area contributed by atoms with Crippen molar-refractivity contribution in [1.29, 1.82) is 0 Å². The van der Waals surface area contributed by atoms with Gasteiger partial charge in [0.1, 0.15) is 0 Å². The molecule has 0 atom stereocenters. The number of rotatable bonds is 0. The van der Waals surface area contributed by atoms with Gasteiger partial charge >= 0.3 is 0 Å². The van der Waals surface area contributed by atoms with Crippen LogP contribution in [0.3, 0.4) is 0 Å². The summed E-state index contributed by atoms with van der Waals surface area (Å²) >= 11 is 0. The van der Waals surface area contributed by atoms with Crippen LogP contribution in [0, 0.1) is 31.1 Å². The Kier molecular flexibility index (Phi) is 926. The maximum atomic E-state index is 0. The molecule has 0 aromatic carbocycles. The van der Waals surface area contributed by atoms with Gasteiger partial charge < -0.3 is 15.7 Å². The molecule has 0 radical (unpaired) electrons. The van der Waals surface area contributed by atoms with Gasteiger partial charge in [-0.15, -0.1) is 0 Å². The van der Waals surface area contributed by atoms with Gasteiger partial charge in [0.15, 0.2) is 0 Å². The smallest absolute Gasteiger partial charge is 0 e. The molecule has 28 valence electrons. The van der Waals surface area contributed by atoms with E-state index in [1.807, 2.05) is 0 Å². The summed E-state index contributed by atoms with van der Waals surface area (Å²) in [7, 11) is 0. The molecule has 0 saturated carbocycles. The zero-order valence-electron chi connectivity index (χ0n) is 1.69. The van der Waals surface area contributed by atoms with Gasteiger partial charge in [-0.1, -0.05) is 0 Å². The Bertz CT molecular complexity index is 6.00. The van der Waals surface area contributed by atoms with E-state index in [0.717, 1.165) is 0 Å². The molecule has 0 bridgehead atoms. The zero-order chi connectivity index (χ0) is 0. The van der Waals surface area contributed by atoms with Crippen molar-refractivity contribution >= 4 is 0 Å². The summed E-state index contributed by atoms with van der Waals surface area (Å²) in [4.78, 5) is 0. The second-order valence-corrected chi connectivity index (χ2v) is 0. The van der Waals surface area contributed by atoms with Crippen molar-refractivity contribution in [2.24, 2.45) is 0 Å². The molecule has 4 heteroatoms. The Hall–Kier alpha value is 0.902. The van der Waals surface area contributed by atoms with Crippen molar-refractivity contribution in [1.82, 2.24) is 0 Å². The monoisotopic (exact) mass is 289 g/mol. The minimum atomic E-state index is 0. The Balaban J connectivity index is 0. The van der Waals surface area contributed by atoms with Crippen LogP contribution in [-0.2, 0) is 11.0 Å². The standard InChI is InChI=1S/FH.2O.U/h1H;;;/q;2*-2;/p-1. The fourth-order valence-corrected chi connectivity index (χ4v) is 0. The third-order valence-electron chi connectivity index (χ3n) is 0. The van der Waals surface area contributed by atoms with E-state index in [2.05, 4.69) is 0 Å². The molecule has 0 N–H and O–H groups in total. The van der Waals surface area contributed by atoms with Gasteiger partial charge in [-0.05, 0) is 0 Å². The maximum Gasteiger partial charge on any atom is 0 e. The molecule has 2 nitrogen and oxygen atoms in total. The van der Waals surface area contributed by atoms with Gasteiger partial charge in [0, 0.05) is 31.1 Å². The fraction of sp³-hybridized carbons (Fsp3) is 0. The van der Waals surface area contributed by atoms with Crippen LogP contribution in [0.25, 0.3) is 0 Å². The molecule has 0 aliphatic rings. The van der Waals surface area contributed by atoms with Crippen LogP contribution >= 0.6 is 0 Å². The third kappa shape index (κ3) is 12.9. The molecule has 0 unspecified atom stereocenters. The summed E-state index contributed by atoms with van der Waals surface area (Å²) in [6, 6.07) is 0. The van der Waals surface area contributed by atoms with E-state index >= 15 is 0 Å². The molecule has 4 heavy (non-hydrogen) atoms. The van der Waals surface area contributed by atoms with Crippen molar-refractivity contribution in [2.45, 2.75) is 0 Å². The number of hydrogen-bond acceptors (Lipinski definition) is 0. The first-order valence-electron chi connectivity index (χ1n) is 0. The van der Waals surface area contributed by atoms with E-state index < -0.39 is 0 Å². The summed E-state index contributed by atoms with van der Waals surface area (Å²) < 4.78 is 0. The molecule has 0 saturated heterocycles. The van der Waals surface area contributed by atoms with Crippen LogP contribution in [-0.4, -0.2) is 0 Å². The summed E-state index contributed by atoms with van der Waals surface area (Å²) in [6.07, 6.45) is 0. The van der Waals surface area contributed by atoms with Crippen LogP contribution in [0.2, 0.25) is 0 Å². The molecule has 0 aliphatic heterocycles. The zero-order valence-corrected chi connectivity index (χ0v) is 5.86. The van der Waals surface area contributed by atoms with Crippen molar-refractivity contribution in [3.8, 4) is 0 Å². The topological polar surface area (TPSA) is 57.0 Å². The SMILES string of the molecule is [F-].[O-2].[O-2].[U]. The summed E-state index contributed by atoms with van der Waals surface area (Å²) in [5, 5.41) is 0. The van der Waals surface area contributed by atoms with E-state index in [0.29, 0.717) is 0 Å². The van der Waals surface area contributed by atoms with Crippen LogP contribution in [0.15, 0.2) is 0 Å². The van der Waals surface area contributed by atoms with E-state index in [9.17, 15) is 0 Å². The van der Waals surface area contributed by atoms with Crippen LogP contribution in [0.4, 0.5) is 0 Å². The second-order valence-electron chi connectivity index (χ2n) is 0. The average molecular weight is 289 g/mol. The van der Waals surface area contributed by atoms with E-state index in [1.165, 1.54) is 0 Å². The molecule has 0 rings (SSSR count). The molecular weight excluding hydrogens is 289 g/mol. The number of hydrogen-bond donors (Lipinski definition) is 0. The molecule has 0 aromatic rings. The minimum absolute atomic E-state index is 0. The van der Waals surface area contributed by atoms with Crippen LogP contribution < -0.4 is 4.70 Å². The molecule has 0 heterocycles. The predicted molar refractivity (Wildman–Crippen MR) is 1.37 cm³/mol. The van der Waals surface area contributed by atoms with E-state index in [1.54, 1.807) is 0 Å². The summed E-state index contributed by atoms with van der Waals surface area (Å²) in [5.74, 6) is 0. The predicted octanol–water partition coefficient (Wildman–Crippen LogP) is -3.23. The number of halogens is 1. The van der Waals surface area contributed by atoms with Crippen LogP contribution in [0.5, 0.6) is 0 Å². The Morgan fingerprint density at radius 1 is 0.750 bits per heavy atom. The first kappa shape index (κ1) is 91.7. The molecule has 0 fully saturated rings. The van der Waals surface area contributed by atoms with Gasteiger partial charge in [-0.2, -0.15) is 0 Å². The average Bonchev–Trinajstić information content (AvgIpc) is 0. The molecule has 0 aliphatic carbocycles. The van der Waals surface area contributed by atoms with Crippen LogP contribution in [0.1, 0.15) is 0 Å². The molecule has 0 spiro atoms. The van der Waals surface area contributed by atoms with Crippen molar-refractivity contribution < 1.29 is 46.8 Å². The Labute approximate surface area is 46.9 Å². The molecule has 0 aromatic heterocycles. The van der Waals surface area contributed by atoms with Crippen molar-refractivity contribution in [3.05, 3.63) is 0 Å². The maximum absolute atomic E-state index is 0. The molecule has 0 amide bonds. The van der Waals surface area contributed by atoms with Gasteiger partial charge in [-0.3, -0.25) is 0 Å². The quantitative estimate of drug-likeness (QED) is 0.450. The van der Waals surface area contributed by atoms with E-state index in [4.69, 9.17) is 0 Å². The van der Waals surface area contributed by atoms with Crippen molar-refractivity contribution in [2.75, 3.05) is 0 Å². The summed E-state index contributed by atoms with van der Waals surface area (Å²) in [5.41, 5.74) is 0. The van der Waals surface area contributed by atoms with Gasteiger partial charge in [-0.25, -0.2) is 0 Å². The van der Waals surface area contributed by atoms with Gasteiger partial charge in [0.25, 0.3) is 0 Å². The van der Waals surface area contributed by atoms with Gasteiger partial charge in [0.05, 0.1) is 0 Å². The van der Waals surface area contributed by atoms with Gasteiger partial charge in [0.2, 0.25) is 0 Å². The second kappa shape index (κ2) is 40.4. The normalized spacial score (nSPS) is 0. The van der Waals surface area contributed by atoms with E-state index in [-0.39, 0.29) is 46.8 Å². The first-order chi connectivity index (χ1) is 0. The van der Waals surface area contributed by atoms with Crippen molar-refractivity contribution in [3.63, 3.8) is 0 Å². The fourth-order valence-electron chi connectivity index (χ4n) is 0.